The van der Waals surface area contributed by atoms with E-state index in [1.54, 1.807) is 0 Å². The molecule has 1 heterocycles. The smallest absolute Gasteiger partial charge is 0.119 e. The summed E-state index contributed by atoms with van der Waals surface area (Å²) < 4.78 is 5.84. The summed E-state index contributed by atoms with van der Waals surface area (Å²) in [6.45, 7) is 10.2. The summed E-state index contributed by atoms with van der Waals surface area (Å²) in [4.78, 5) is 2.31. The fraction of sp³-hybridized carbons (Fsp3) is 0.647. The van der Waals surface area contributed by atoms with Crippen LogP contribution in [-0.2, 0) is 5.41 Å². The van der Waals surface area contributed by atoms with E-state index in [1.165, 1.54) is 5.56 Å². The van der Waals surface area contributed by atoms with Crippen LogP contribution in [-0.4, -0.2) is 42.4 Å². The summed E-state index contributed by atoms with van der Waals surface area (Å²) in [5.74, 6) is 0.957. The van der Waals surface area contributed by atoms with E-state index in [0.717, 1.165) is 44.8 Å². The first-order valence-electron chi connectivity index (χ1n) is 7.59. The maximum Gasteiger partial charge on any atom is 0.119 e. The van der Waals surface area contributed by atoms with Crippen molar-refractivity contribution in [2.45, 2.75) is 45.1 Å². The largest absolute Gasteiger partial charge is 0.494 e. The molecule has 1 fully saturated rings. The van der Waals surface area contributed by atoms with Crippen LogP contribution in [0.15, 0.2) is 24.3 Å². The maximum absolute atomic E-state index is 9.47. The molecule has 0 spiro atoms. The van der Waals surface area contributed by atoms with Gasteiger partial charge in [0.2, 0.25) is 0 Å². The van der Waals surface area contributed by atoms with Crippen molar-refractivity contribution < 1.29 is 9.84 Å². The lowest BCUT2D eigenvalue weighted by Gasteiger charge is -2.20. The predicted molar refractivity (Wildman–Crippen MR) is 82.3 cm³/mol. The van der Waals surface area contributed by atoms with E-state index < -0.39 is 0 Å². The molecule has 0 radical (unpaired) electrons. The molecule has 20 heavy (non-hydrogen) atoms. The molecule has 1 saturated heterocycles. The Morgan fingerprint density at radius 2 is 2.15 bits per heavy atom. The normalized spacial score (nSPS) is 20.3. The van der Waals surface area contributed by atoms with Crippen LogP contribution in [0.25, 0.3) is 0 Å². The SMILES string of the molecule is CC(C)(C)c1cccc(OCCCN2CCC(O)C2)c1. The minimum atomic E-state index is -0.126. The van der Waals surface area contributed by atoms with Crippen LogP contribution < -0.4 is 4.74 Å². The van der Waals surface area contributed by atoms with Gasteiger partial charge in [0.05, 0.1) is 12.7 Å². The van der Waals surface area contributed by atoms with Crippen molar-refractivity contribution in [1.29, 1.82) is 0 Å². The number of benzene rings is 1. The summed E-state index contributed by atoms with van der Waals surface area (Å²) in [7, 11) is 0. The van der Waals surface area contributed by atoms with Gasteiger partial charge in [-0.1, -0.05) is 32.9 Å². The Morgan fingerprint density at radius 3 is 2.80 bits per heavy atom. The molecule has 0 amide bonds. The molecule has 112 valence electrons. The number of hydrogen-bond donors (Lipinski definition) is 1. The summed E-state index contributed by atoms with van der Waals surface area (Å²) in [6.07, 6.45) is 1.79. The Hall–Kier alpha value is -1.06. The number of hydrogen-bond acceptors (Lipinski definition) is 3. The number of likely N-dealkylation sites (tertiary alicyclic amines) is 1. The standard InChI is InChI=1S/C17H27NO2/c1-17(2,3)14-6-4-7-16(12-14)20-11-5-9-18-10-8-15(19)13-18/h4,6-7,12,15,19H,5,8-11,13H2,1-3H3. The molecule has 0 bridgehead atoms. The second-order valence-electron chi connectivity index (χ2n) is 6.72. The number of rotatable bonds is 5. The molecule has 1 aliphatic heterocycles. The highest BCUT2D eigenvalue weighted by Gasteiger charge is 2.19. The van der Waals surface area contributed by atoms with Gasteiger partial charge >= 0.3 is 0 Å². The van der Waals surface area contributed by atoms with Gasteiger partial charge in [0, 0.05) is 19.6 Å². The third-order valence-electron chi connectivity index (χ3n) is 3.83. The van der Waals surface area contributed by atoms with Crippen LogP contribution in [0.2, 0.25) is 0 Å². The van der Waals surface area contributed by atoms with Crippen molar-refractivity contribution >= 4 is 0 Å². The molecular formula is C17H27NO2. The zero-order valence-corrected chi connectivity index (χ0v) is 12.9. The quantitative estimate of drug-likeness (QED) is 0.840. The van der Waals surface area contributed by atoms with Gasteiger partial charge in [-0.2, -0.15) is 0 Å². The van der Waals surface area contributed by atoms with E-state index in [9.17, 15) is 5.11 Å². The molecule has 1 aliphatic rings. The minimum absolute atomic E-state index is 0.126. The van der Waals surface area contributed by atoms with Gasteiger partial charge in [0.25, 0.3) is 0 Å². The van der Waals surface area contributed by atoms with Crippen LogP contribution in [0, 0.1) is 0 Å². The number of aliphatic hydroxyl groups excluding tert-OH is 1. The highest BCUT2D eigenvalue weighted by atomic mass is 16.5. The summed E-state index contributed by atoms with van der Waals surface area (Å²) in [6, 6.07) is 8.37. The van der Waals surface area contributed by atoms with Gasteiger partial charge in [-0.25, -0.2) is 0 Å². The molecular weight excluding hydrogens is 250 g/mol. The lowest BCUT2D eigenvalue weighted by molar-refractivity contribution is 0.173. The van der Waals surface area contributed by atoms with Crippen LogP contribution in [0.4, 0.5) is 0 Å². The zero-order chi connectivity index (χ0) is 14.6. The number of nitrogens with zero attached hydrogens (tertiary/aromatic N) is 1. The Bertz CT molecular complexity index is 425. The van der Waals surface area contributed by atoms with Crippen molar-refractivity contribution in [3.8, 4) is 5.75 Å². The molecule has 3 nitrogen and oxygen atoms in total. The molecule has 0 saturated carbocycles. The first-order valence-corrected chi connectivity index (χ1v) is 7.59. The third kappa shape index (κ3) is 4.50. The lowest BCUT2D eigenvalue weighted by Crippen LogP contribution is -2.24. The topological polar surface area (TPSA) is 32.7 Å². The highest BCUT2D eigenvalue weighted by Crippen LogP contribution is 2.25. The second-order valence-corrected chi connectivity index (χ2v) is 6.72. The Kier molecular flexibility index (Phi) is 5.06. The first kappa shape index (κ1) is 15.3. The molecule has 1 unspecified atom stereocenters. The molecule has 1 aromatic carbocycles. The highest BCUT2D eigenvalue weighted by molar-refractivity contribution is 5.32. The van der Waals surface area contributed by atoms with Crippen molar-refractivity contribution in [2.24, 2.45) is 0 Å². The van der Waals surface area contributed by atoms with Gasteiger partial charge < -0.3 is 14.7 Å². The van der Waals surface area contributed by atoms with Gasteiger partial charge in [-0.15, -0.1) is 0 Å². The Morgan fingerprint density at radius 1 is 1.35 bits per heavy atom. The summed E-state index contributed by atoms with van der Waals surface area (Å²) in [5.41, 5.74) is 1.46. The van der Waals surface area contributed by atoms with Crippen molar-refractivity contribution in [3.05, 3.63) is 29.8 Å². The van der Waals surface area contributed by atoms with Gasteiger partial charge in [0.1, 0.15) is 5.75 Å². The van der Waals surface area contributed by atoms with Crippen molar-refractivity contribution in [2.75, 3.05) is 26.2 Å². The maximum atomic E-state index is 9.47. The Balaban J connectivity index is 1.74. The molecule has 2 rings (SSSR count). The lowest BCUT2D eigenvalue weighted by atomic mass is 9.87. The predicted octanol–water partition coefficient (Wildman–Crippen LogP) is 2.82. The fourth-order valence-corrected chi connectivity index (χ4v) is 2.55. The van der Waals surface area contributed by atoms with E-state index >= 15 is 0 Å². The average Bonchev–Trinajstić information content (AvgIpc) is 2.80. The van der Waals surface area contributed by atoms with Crippen molar-refractivity contribution in [1.82, 2.24) is 4.90 Å². The van der Waals surface area contributed by atoms with Gasteiger partial charge in [-0.05, 0) is 36.0 Å². The number of aliphatic hydroxyl groups is 1. The van der Waals surface area contributed by atoms with E-state index in [-0.39, 0.29) is 11.5 Å². The molecule has 1 aromatic rings. The Labute approximate surface area is 122 Å². The molecule has 1 atom stereocenters. The minimum Gasteiger partial charge on any atom is -0.494 e. The van der Waals surface area contributed by atoms with Crippen LogP contribution in [0.1, 0.15) is 39.2 Å². The molecule has 3 heteroatoms. The third-order valence-corrected chi connectivity index (χ3v) is 3.83. The van der Waals surface area contributed by atoms with E-state index in [4.69, 9.17) is 4.74 Å². The number of β-amino-alcohol motifs (C(OH)–C–C–N with tert-alkyl or cyclic N) is 1. The summed E-state index contributed by atoms with van der Waals surface area (Å²) in [5, 5.41) is 9.47. The van der Waals surface area contributed by atoms with Gasteiger partial charge in [0.15, 0.2) is 0 Å². The van der Waals surface area contributed by atoms with Crippen LogP contribution in [0.5, 0.6) is 5.75 Å². The average molecular weight is 277 g/mol. The fourth-order valence-electron chi connectivity index (χ4n) is 2.55. The molecule has 0 aliphatic carbocycles. The monoisotopic (exact) mass is 277 g/mol. The van der Waals surface area contributed by atoms with E-state index in [2.05, 4.69) is 43.9 Å². The van der Waals surface area contributed by atoms with Crippen molar-refractivity contribution in [3.63, 3.8) is 0 Å². The molecule has 0 aromatic heterocycles. The van der Waals surface area contributed by atoms with E-state index in [0.29, 0.717) is 0 Å². The van der Waals surface area contributed by atoms with E-state index in [1.807, 2.05) is 6.07 Å². The zero-order valence-electron chi connectivity index (χ0n) is 12.9. The molecule has 1 N–H and O–H groups in total. The van der Waals surface area contributed by atoms with Gasteiger partial charge in [-0.3, -0.25) is 0 Å². The second kappa shape index (κ2) is 6.59. The first-order chi connectivity index (χ1) is 9.45. The van der Waals surface area contributed by atoms with Crippen LogP contribution in [0.3, 0.4) is 0 Å². The number of ether oxygens (including phenoxy) is 1. The summed E-state index contributed by atoms with van der Waals surface area (Å²) >= 11 is 0. The van der Waals surface area contributed by atoms with Crippen LogP contribution >= 0.6 is 0 Å².